The lowest BCUT2D eigenvalue weighted by Gasteiger charge is -1.91. The number of H-pyrrole nitrogens is 1. The highest BCUT2D eigenvalue weighted by Crippen LogP contribution is 2.01. The molecule has 2 aromatic rings. The van der Waals surface area contributed by atoms with Crippen molar-refractivity contribution >= 4 is 6.08 Å². The minimum Gasteiger partial charge on any atom is -0.333 e. The summed E-state index contributed by atoms with van der Waals surface area (Å²) in [6.45, 7) is 2.95. The smallest absolute Gasteiger partial charge is 0.132 e. The lowest BCUT2D eigenvalue weighted by atomic mass is 10.1. The number of nitrogens with zero attached hydrogens (tertiary/aromatic N) is 1. The van der Waals surface area contributed by atoms with Gasteiger partial charge in [0, 0.05) is 17.3 Å². The molecule has 0 fully saturated rings. The van der Waals surface area contributed by atoms with Gasteiger partial charge in [0.05, 0.1) is 5.69 Å². The fourth-order valence-corrected chi connectivity index (χ4v) is 1.99. The molecular formula is C16H14N2. The summed E-state index contributed by atoms with van der Waals surface area (Å²) < 4.78 is 0. The molecule has 0 aliphatic carbocycles. The summed E-state index contributed by atoms with van der Waals surface area (Å²) in [7, 11) is 0. The highest BCUT2D eigenvalue weighted by Gasteiger charge is 1.98. The van der Waals surface area contributed by atoms with E-state index in [-0.39, 0.29) is 0 Å². The van der Waals surface area contributed by atoms with Gasteiger partial charge in [-0.05, 0) is 37.5 Å². The minimum atomic E-state index is 0.873. The van der Waals surface area contributed by atoms with Gasteiger partial charge in [-0.1, -0.05) is 29.7 Å². The summed E-state index contributed by atoms with van der Waals surface area (Å²) >= 11 is 0. The van der Waals surface area contributed by atoms with Crippen LogP contribution >= 0.6 is 0 Å². The standard InChI is InChI=1S/C16H14N2/c1-12-4-6-13(7-5-12)8-9-15-11-14-3-2-10-17-16(14)18-15/h3-7,11H,2,10H2,1H3,(H,17,18). The van der Waals surface area contributed by atoms with Crippen LogP contribution in [0.3, 0.4) is 0 Å². The van der Waals surface area contributed by atoms with Crippen LogP contribution in [-0.2, 0) is 0 Å². The Morgan fingerprint density at radius 1 is 1.17 bits per heavy atom. The second kappa shape index (κ2) is 4.54. The molecule has 2 nitrogen and oxygen atoms in total. The summed E-state index contributed by atoms with van der Waals surface area (Å²) in [4.78, 5) is 7.67. The fourth-order valence-electron chi connectivity index (χ4n) is 1.99. The number of aromatic amines is 1. The molecule has 88 valence electrons. The van der Waals surface area contributed by atoms with Crippen LogP contribution < -0.4 is 10.7 Å². The number of aryl methyl sites for hydroxylation is 1. The first-order valence-electron chi connectivity index (χ1n) is 6.14. The number of benzene rings is 1. The van der Waals surface area contributed by atoms with E-state index in [1.165, 1.54) is 10.8 Å². The highest BCUT2D eigenvalue weighted by molar-refractivity contribution is 5.42. The number of hydrogen-bond acceptors (Lipinski definition) is 1. The molecule has 1 aromatic heterocycles. The third-order valence-electron chi connectivity index (χ3n) is 2.98. The maximum atomic E-state index is 4.43. The fraction of sp³-hybridized carbons (Fsp3) is 0.188. The van der Waals surface area contributed by atoms with Crippen LogP contribution in [-0.4, -0.2) is 11.5 Å². The van der Waals surface area contributed by atoms with E-state index in [1.54, 1.807) is 0 Å². The van der Waals surface area contributed by atoms with Crippen molar-refractivity contribution in [2.75, 3.05) is 6.54 Å². The van der Waals surface area contributed by atoms with Crippen molar-refractivity contribution in [3.8, 4) is 11.8 Å². The van der Waals surface area contributed by atoms with Gasteiger partial charge >= 0.3 is 0 Å². The molecule has 3 rings (SSSR count). The zero-order valence-corrected chi connectivity index (χ0v) is 10.3. The van der Waals surface area contributed by atoms with Crippen molar-refractivity contribution in [3.63, 3.8) is 0 Å². The molecule has 0 spiro atoms. The quantitative estimate of drug-likeness (QED) is 0.670. The first kappa shape index (κ1) is 10.9. The van der Waals surface area contributed by atoms with Crippen LogP contribution in [0.25, 0.3) is 6.08 Å². The maximum absolute atomic E-state index is 4.43. The van der Waals surface area contributed by atoms with Gasteiger partial charge in [0.2, 0.25) is 0 Å². The van der Waals surface area contributed by atoms with Gasteiger partial charge in [-0.25, -0.2) is 0 Å². The largest absolute Gasteiger partial charge is 0.333 e. The number of fused-ring (bicyclic) bond motifs is 1. The Kier molecular flexibility index (Phi) is 2.74. The lowest BCUT2D eigenvalue weighted by Crippen LogP contribution is -2.25. The molecule has 0 amide bonds. The lowest BCUT2D eigenvalue weighted by molar-refractivity contribution is 0.934. The zero-order valence-electron chi connectivity index (χ0n) is 10.3. The van der Waals surface area contributed by atoms with Crippen molar-refractivity contribution < 1.29 is 0 Å². The molecule has 0 bridgehead atoms. The predicted molar refractivity (Wildman–Crippen MR) is 72.7 cm³/mol. The van der Waals surface area contributed by atoms with Crippen LogP contribution in [0.5, 0.6) is 0 Å². The molecule has 0 unspecified atom stereocenters. The van der Waals surface area contributed by atoms with E-state index in [0.29, 0.717) is 0 Å². The van der Waals surface area contributed by atoms with Crippen LogP contribution in [0.1, 0.15) is 23.2 Å². The van der Waals surface area contributed by atoms with Gasteiger partial charge in [0.15, 0.2) is 0 Å². The Bertz CT molecular complexity index is 704. The molecule has 0 saturated carbocycles. The summed E-state index contributed by atoms with van der Waals surface area (Å²) in [5.74, 6) is 6.31. The number of rotatable bonds is 0. The van der Waals surface area contributed by atoms with Gasteiger partial charge in [-0.2, -0.15) is 0 Å². The Morgan fingerprint density at radius 3 is 2.78 bits per heavy atom. The second-order valence-corrected chi connectivity index (χ2v) is 4.48. The van der Waals surface area contributed by atoms with Gasteiger partial charge in [-0.3, -0.25) is 4.99 Å². The summed E-state index contributed by atoms with van der Waals surface area (Å²) in [5.41, 5.74) is 4.19. The molecular weight excluding hydrogens is 220 g/mol. The third kappa shape index (κ3) is 2.21. The van der Waals surface area contributed by atoms with Gasteiger partial charge < -0.3 is 4.98 Å². The molecule has 18 heavy (non-hydrogen) atoms. The molecule has 1 aliphatic rings. The Balaban J connectivity index is 1.94. The Hall–Kier alpha value is -2.27. The predicted octanol–water partition coefficient (Wildman–Crippen LogP) is 1.53. The average Bonchev–Trinajstić information content (AvgIpc) is 2.81. The minimum absolute atomic E-state index is 0.873. The second-order valence-electron chi connectivity index (χ2n) is 4.48. The van der Waals surface area contributed by atoms with Crippen molar-refractivity contribution in [2.24, 2.45) is 4.99 Å². The topological polar surface area (TPSA) is 28.1 Å². The Labute approximate surface area is 106 Å². The van der Waals surface area contributed by atoms with Crippen LogP contribution in [0.15, 0.2) is 35.3 Å². The summed E-state index contributed by atoms with van der Waals surface area (Å²) in [6.07, 6.45) is 3.23. The monoisotopic (exact) mass is 234 g/mol. The summed E-state index contributed by atoms with van der Waals surface area (Å²) in [6, 6.07) is 10.3. The first-order chi connectivity index (χ1) is 8.81. The van der Waals surface area contributed by atoms with Crippen molar-refractivity contribution in [3.05, 3.63) is 57.9 Å². The van der Waals surface area contributed by atoms with E-state index in [2.05, 4.69) is 53.0 Å². The van der Waals surface area contributed by atoms with E-state index >= 15 is 0 Å². The van der Waals surface area contributed by atoms with Crippen LogP contribution in [0.4, 0.5) is 0 Å². The van der Waals surface area contributed by atoms with Crippen molar-refractivity contribution in [2.45, 2.75) is 13.3 Å². The molecule has 1 aliphatic heterocycles. The van der Waals surface area contributed by atoms with Gasteiger partial charge in [0.25, 0.3) is 0 Å². The van der Waals surface area contributed by atoms with E-state index in [4.69, 9.17) is 0 Å². The first-order valence-corrected chi connectivity index (χ1v) is 6.14. The van der Waals surface area contributed by atoms with E-state index < -0.39 is 0 Å². The van der Waals surface area contributed by atoms with E-state index in [0.717, 1.165) is 29.7 Å². The van der Waals surface area contributed by atoms with Crippen molar-refractivity contribution in [1.29, 1.82) is 0 Å². The zero-order chi connectivity index (χ0) is 12.4. The van der Waals surface area contributed by atoms with Gasteiger partial charge in [0.1, 0.15) is 5.49 Å². The SMILES string of the molecule is Cc1ccc(C#Cc2cc3c([nH]2)=NCCC=3)cc1. The van der Waals surface area contributed by atoms with Crippen LogP contribution in [0.2, 0.25) is 0 Å². The van der Waals surface area contributed by atoms with E-state index in [1.807, 2.05) is 12.1 Å². The molecule has 1 N–H and O–H groups in total. The third-order valence-corrected chi connectivity index (χ3v) is 2.98. The maximum Gasteiger partial charge on any atom is 0.132 e. The normalized spacial score (nSPS) is 12.7. The van der Waals surface area contributed by atoms with Gasteiger partial charge in [-0.15, -0.1) is 0 Å². The molecule has 2 heteroatoms. The number of hydrogen-bond donors (Lipinski definition) is 1. The van der Waals surface area contributed by atoms with E-state index in [9.17, 15) is 0 Å². The highest BCUT2D eigenvalue weighted by atomic mass is 14.9. The van der Waals surface area contributed by atoms with Crippen molar-refractivity contribution in [1.82, 2.24) is 4.98 Å². The Morgan fingerprint density at radius 2 is 2.00 bits per heavy atom. The molecule has 1 aromatic carbocycles. The number of aromatic nitrogens is 1. The molecule has 0 atom stereocenters. The molecule has 2 heterocycles. The molecule has 0 saturated heterocycles. The van der Waals surface area contributed by atoms with Crippen LogP contribution in [0, 0.1) is 18.8 Å². The average molecular weight is 234 g/mol. The number of nitrogens with one attached hydrogen (secondary N) is 1. The molecule has 0 radical (unpaired) electrons. The summed E-state index contributed by atoms with van der Waals surface area (Å²) in [5, 5.41) is 1.18.